The molecule has 0 amide bonds. The monoisotopic (exact) mass is 200 g/mol. The van der Waals surface area contributed by atoms with Crippen molar-refractivity contribution in [3.05, 3.63) is 35.4 Å². The smallest absolute Gasteiger partial charge is 0.145 e. The molecule has 0 spiro atoms. The van der Waals surface area contributed by atoms with Crippen LogP contribution >= 0.6 is 0 Å². The van der Waals surface area contributed by atoms with E-state index in [1.165, 1.54) is 6.92 Å². The fourth-order valence-corrected chi connectivity index (χ4v) is 1.52. The van der Waals surface area contributed by atoms with Crippen molar-refractivity contribution in [2.75, 3.05) is 6.61 Å². The molecule has 4 heteroatoms. The van der Waals surface area contributed by atoms with E-state index in [-0.39, 0.29) is 12.2 Å². The van der Waals surface area contributed by atoms with Crippen molar-refractivity contribution < 1.29 is 18.6 Å². The quantitative estimate of drug-likeness (QED) is 0.735. The Balaban J connectivity index is 2.46. The second kappa shape index (κ2) is 3.00. The summed E-state index contributed by atoms with van der Waals surface area (Å²) in [4.78, 5) is 0. The molecule has 0 radical (unpaired) electrons. The molecule has 1 N–H and O–H groups in total. The maximum Gasteiger partial charge on any atom is 0.145 e. The van der Waals surface area contributed by atoms with E-state index >= 15 is 0 Å². The zero-order chi connectivity index (χ0) is 10.3. The molecule has 1 saturated heterocycles. The molecule has 2 atom stereocenters. The maximum absolute atomic E-state index is 13.3. The molecule has 1 aliphatic rings. The molecule has 1 aromatic rings. The Hall–Kier alpha value is -1.00. The highest BCUT2D eigenvalue weighted by Crippen LogP contribution is 2.43. The number of aliphatic hydroxyl groups excluding tert-OH is 1. The predicted molar refractivity (Wildman–Crippen MR) is 45.7 cm³/mol. The lowest BCUT2D eigenvalue weighted by molar-refractivity contribution is 0.0861. The van der Waals surface area contributed by atoms with Crippen molar-refractivity contribution in [3.63, 3.8) is 0 Å². The maximum atomic E-state index is 13.3. The van der Waals surface area contributed by atoms with E-state index in [2.05, 4.69) is 0 Å². The SMILES string of the molecule is C[C@@H](O)C1(c2cc(F)ccc2F)CO1. The summed E-state index contributed by atoms with van der Waals surface area (Å²) in [5.74, 6) is -1.08. The third-order valence-corrected chi connectivity index (χ3v) is 2.51. The largest absolute Gasteiger partial charge is 0.390 e. The first-order chi connectivity index (χ1) is 6.56. The number of halogens is 2. The van der Waals surface area contributed by atoms with Crippen molar-refractivity contribution in [1.29, 1.82) is 0 Å². The Morgan fingerprint density at radius 3 is 2.64 bits per heavy atom. The molecule has 0 bridgehead atoms. The fourth-order valence-electron chi connectivity index (χ4n) is 1.52. The van der Waals surface area contributed by atoms with Gasteiger partial charge >= 0.3 is 0 Å². The zero-order valence-corrected chi connectivity index (χ0v) is 7.63. The van der Waals surface area contributed by atoms with Crippen LogP contribution in [0.1, 0.15) is 12.5 Å². The fraction of sp³-hybridized carbons (Fsp3) is 0.400. The lowest BCUT2D eigenvalue weighted by atomic mass is 9.94. The second-order valence-electron chi connectivity index (χ2n) is 3.48. The van der Waals surface area contributed by atoms with Crippen molar-refractivity contribution in [3.8, 4) is 0 Å². The number of aliphatic hydroxyl groups is 1. The highest BCUT2D eigenvalue weighted by molar-refractivity contribution is 5.30. The van der Waals surface area contributed by atoms with Crippen LogP contribution in [0, 0.1) is 11.6 Å². The standard InChI is InChI=1S/C10H10F2O2/c1-6(13)10(5-14-10)8-4-7(11)2-3-9(8)12/h2-4,6,13H,5H2,1H3/t6-,10?/m1/s1. The Kier molecular flexibility index (Phi) is 2.05. The van der Waals surface area contributed by atoms with E-state index < -0.39 is 23.3 Å². The van der Waals surface area contributed by atoms with Crippen molar-refractivity contribution >= 4 is 0 Å². The summed E-state index contributed by atoms with van der Waals surface area (Å²) in [5, 5.41) is 9.40. The van der Waals surface area contributed by atoms with Gasteiger partial charge in [0.2, 0.25) is 0 Å². The van der Waals surface area contributed by atoms with Gasteiger partial charge in [0.05, 0.1) is 12.7 Å². The molecule has 14 heavy (non-hydrogen) atoms. The minimum atomic E-state index is -1.04. The average Bonchev–Trinajstić information content (AvgIpc) is 2.90. The van der Waals surface area contributed by atoms with Crippen molar-refractivity contribution in [2.45, 2.75) is 18.6 Å². The highest BCUT2D eigenvalue weighted by atomic mass is 19.1. The van der Waals surface area contributed by atoms with Gasteiger partial charge in [-0.05, 0) is 25.1 Å². The number of rotatable bonds is 2. The van der Waals surface area contributed by atoms with Crippen LogP contribution in [0.3, 0.4) is 0 Å². The molecule has 1 unspecified atom stereocenters. The third kappa shape index (κ3) is 1.31. The highest BCUT2D eigenvalue weighted by Gasteiger charge is 2.52. The van der Waals surface area contributed by atoms with E-state index in [0.717, 1.165) is 18.2 Å². The molecular weight excluding hydrogens is 190 g/mol. The molecule has 0 aromatic heterocycles. The van der Waals surface area contributed by atoms with Gasteiger partial charge in [0.1, 0.15) is 17.2 Å². The van der Waals surface area contributed by atoms with Crippen LogP contribution in [0.5, 0.6) is 0 Å². The number of benzene rings is 1. The first-order valence-corrected chi connectivity index (χ1v) is 4.34. The topological polar surface area (TPSA) is 32.8 Å². The van der Waals surface area contributed by atoms with Gasteiger partial charge in [-0.25, -0.2) is 8.78 Å². The summed E-state index contributed by atoms with van der Waals surface area (Å²) in [6.45, 7) is 1.72. The number of hydrogen-bond acceptors (Lipinski definition) is 2. The predicted octanol–water partition coefficient (Wildman–Crippen LogP) is 1.57. The van der Waals surface area contributed by atoms with Crippen molar-refractivity contribution in [1.82, 2.24) is 0 Å². The Morgan fingerprint density at radius 1 is 1.50 bits per heavy atom. The van der Waals surface area contributed by atoms with Gasteiger partial charge in [-0.1, -0.05) is 0 Å². The molecule has 1 aliphatic heterocycles. The summed E-state index contributed by atoms with van der Waals surface area (Å²) >= 11 is 0. The van der Waals surface area contributed by atoms with E-state index in [0.29, 0.717) is 0 Å². The van der Waals surface area contributed by atoms with Crippen LogP contribution in [0.4, 0.5) is 8.78 Å². The average molecular weight is 200 g/mol. The summed E-state index contributed by atoms with van der Waals surface area (Å²) < 4.78 is 31.2. The van der Waals surface area contributed by atoms with E-state index in [1.54, 1.807) is 0 Å². The summed E-state index contributed by atoms with van der Waals surface area (Å²) in [5.41, 5.74) is -0.945. The van der Waals surface area contributed by atoms with Crippen LogP contribution in [-0.2, 0) is 10.3 Å². The molecule has 0 aliphatic carbocycles. The summed E-state index contributed by atoms with van der Waals surface area (Å²) in [7, 11) is 0. The molecule has 2 rings (SSSR count). The van der Waals surface area contributed by atoms with Gasteiger partial charge in [0.15, 0.2) is 0 Å². The zero-order valence-electron chi connectivity index (χ0n) is 7.63. The first kappa shape index (κ1) is 9.55. The van der Waals surface area contributed by atoms with E-state index in [9.17, 15) is 13.9 Å². The van der Waals surface area contributed by atoms with Gasteiger partial charge in [-0.15, -0.1) is 0 Å². The molecule has 1 aromatic carbocycles. The van der Waals surface area contributed by atoms with Crippen LogP contribution < -0.4 is 0 Å². The Bertz CT molecular complexity index is 359. The van der Waals surface area contributed by atoms with Gasteiger partial charge in [-0.2, -0.15) is 0 Å². The first-order valence-electron chi connectivity index (χ1n) is 4.34. The molecule has 76 valence electrons. The second-order valence-corrected chi connectivity index (χ2v) is 3.48. The Labute approximate surface area is 80.1 Å². The molecular formula is C10H10F2O2. The third-order valence-electron chi connectivity index (χ3n) is 2.51. The molecule has 2 nitrogen and oxygen atoms in total. The number of ether oxygens (including phenoxy) is 1. The molecule has 0 saturated carbocycles. The van der Waals surface area contributed by atoms with E-state index in [1.807, 2.05) is 0 Å². The normalized spacial score (nSPS) is 27.4. The van der Waals surface area contributed by atoms with E-state index in [4.69, 9.17) is 4.74 Å². The van der Waals surface area contributed by atoms with Gasteiger partial charge in [-0.3, -0.25) is 0 Å². The molecule has 1 heterocycles. The van der Waals surface area contributed by atoms with Crippen LogP contribution in [-0.4, -0.2) is 17.8 Å². The van der Waals surface area contributed by atoms with Crippen molar-refractivity contribution in [2.24, 2.45) is 0 Å². The molecule has 1 fully saturated rings. The summed E-state index contributed by atoms with van der Waals surface area (Å²) in [6, 6.07) is 3.14. The van der Waals surface area contributed by atoms with Crippen LogP contribution in [0.15, 0.2) is 18.2 Å². The number of hydrogen-bond donors (Lipinski definition) is 1. The Morgan fingerprint density at radius 2 is 2.14 bits per heavy atom. The van der Waals surface area contributed by atoms with Gasteiger partial charge < -0.3 is 9.84 Å². The van der Waals surface area contributed by atoms with Gasteiger partial charge in [0.25, 0.3) is 0 Å². The van der Waals surface area contributed by atoms with Crippen LogP contribution in [0.25, 0.3) is 0 Å². The minimum Gasteiger partial charge on any atom is -0.390 e. The lowest BCUT2D eigenvalue weighted by Crippen LogP contribution is -2.25. The minimum absolute atomic E-state index is 0.0903. The number of epoxide rings is 1. The van der Waals surface area contributed by atoms with Crippen LogP contribution in [0.2, 0.25) is 0 Å². The summed E-state index contributed by atoms with van der Waals surface area (Å²) in [6.07, 6.45) is -0.848. The van der Waals surface area contributed by atoms with Gasteiger partial charge in [0, 0.05) is 5.56 Å². The lowest BCUT2D eigenvalue weighted by Gasteiger charge is -2.15.